The Kier molecular flexibility index (Phi) is 8.43. The molecule has 1 saturated carbocycles. The fraction of sp³-hybridized carbons (Fsp3) is 0.619. The van der Waals surface area contributed by atoms with Gasteiger partial charge in [0.1, 0.15) is 11.5 Å². The van der Waals surface area contributed by atoms with E-state index in [1.165, 1.54) is 0 Å². The summed E-state index contributed by atoms with van der Waals surface area (Å²) in [6, 6.07) is 5.70. The Hall–Kier alpha value is -2.24. The van der Waals surface area contributed by atoms with Crippen molar-refractivity contribution in [3.05, 3.63) is 23.8 Å². The molecule has 1 aliphatic rings. The van der Waals surface area contributed by atoms with Gasteiger partial charge in [-0.1, -0.05) is 32.3 Å². The Morgan fingerprint density at radius 2 is 1.96 bits per heavy atom. The maximum Gasteiger partial charge on any atom is 0.307 e. The van der Waals surface area contributed by atoms with E-state index in [-0.39, 0.29) is 5.91 Å². The Bertz CT molecular complexity index is 631. The Labute approximate surface area is 161 Å². The maximum absolute atomic E-state index is 12.5. The van der Waals surface area contributed by atoms with Gasteiger partial charge in [0, 0.05) is 12.6 Å². The number of unbranched alkanes of at least 4 members (excludes halogenated alkanes) is 1. The number of rotatable bonds is 10. The van der Waals surface area contributed by atoms with Crippen molar-refractivity contribution in [1.82, 2.24) is 5.32 Å². The standard InChI is InChI=1S/C21H31NO5/c1-3-4-13-27-19-14-16(26-2)10-9-15(19)11-12-22-20(23)17-7-5-6-8-18(17)21(24)25/h9-10,14,17-18H,3-8,11-13H2,1-2H3,(H,22,23)(H,24,25). The number of methoxy groups -OCH3 is 1. The van der Waals surface area contributed by atoms with Crippen LogP contribution in [0.1, 0.15) is 51.0 Å². The molecule has 6 nitrogen and oxygen atoms in total. The molecule has 27 heavy (non-hydrogen) atoms. The van der Waals surface area contributed by atoms with Gasteiger partial charge in [0.05, 0.1) is 25.6 Å². The first-order chi connectivity index (χ1) is 13.1. The SMILES string of the molecule is CCCCOc1cc(OC)ccc1CCNC(=O)C1CCCCC1C(=O)O. The molecule has 0 radical (unpaired) electrons. The van der Waals surface area contributed by atoms with E-state index in [0.29, 0.717) is 32.4 Å². The summed E-state index contributed by atoms with van der Waals surface area (Å²) >= 11 is 0. The Balaban J connectivity index is 1.93. The van der Waals surface area contributed by atoms with Gasteiger partial charge < -0.3 is 19.9 Å². The van der Waals surface area contributed by atoms with Gasteiger partial charge in [-0.05, 0) is 37.3 Å². The van der Waals surface area contributed by atoms with Crippen LogP contribution >= 0.6 is 0 Å². The third-order valence-electron chi connectivity index (χ3n) is 5.14. The summed E-state index contributed by atoms with van der Waals surface area (Å²) in [6.07, 6.45) is 5.69. The number of benzene rings is 1. The van der Waals surface area contributed by atoms with Crippen molar-refractivity contribution in [2.24, 2.45) is 11.8 Å². The maximum atomic E-state index is 12.5. The highest BCUT2D eigenvalue weighted by Crippen LogP contribution is 2.30. The van der Waals surface area contributed by atoms with Crippen molar-refractivity contribution in [1.29, 1.82) is 0 Å². The van der Waals surface area contributed by atoms with Crippen molar-refractivity contribution < 1.29 is 24.2 Å². The van der Waals surface area contributed by atoms with Crippen LogP contribution in [0.2, 0.25) is 0 Å². The monoisotopic (exact) mass is 377 g/mol. The quantitative estimate of drug-likeness (QED) is 0.610. The Morgan fingerprint density at radius 3 is 2.63 bits per heavy atom. The highest BCUT2D eigenvalue weighted by molar-refractivity contribution is 5.84. The lowest BCUT2D eigenvalue weighted by Gasteiger charge is -2.27. The van der Waals surface area contributed by atoms with Crippen LogP contribution in [-0.2, 0) is 16.0 Å². The van der Waals surface area contributed by atoms with Crippen molar-refractivity contribution in [2.45, 2.75) is 51.9 Å². The number of hydrogen-bond donors (Lipinski definition) is 2. The molecule has 150 valence electrons. The second-order valence-corrected chi connectivity index (χ2v) is 7.05. The molecule has 1 aromatic rings. The van der Waals surface area contributed by atoms with Crippen LogP contribution in [0.3, 0.4) is 0 Å². The molecule has 0 aliphatic heterocycles. The van der Waals surface area contributed by atoms with E-state index in [0.717, 1.165) is 42.7 Å². The number of carbonyl (C=O) groups is 2. The van der Waals surface area contributed by atoms with Crippen LogP contribution in [0, 0.1) is 11.8 Å². The molecule has 0 bridgehead atoms. The van der Waals surface area contributed by atoms with Gasteiger partial charge in [-0.15, -0.1) is 0 Å². The third-order valence-corrected chi connectivity index (χ3v) is 5.14. The lowest BCUT2D eigenvalue weighted by molar-refractivity contribution is -0.148. The molecule has 1 aromatic carbocycles. The van der Waals surface area contributed by atoms with Gasteiger partial charge >= 0.3 is 5.97 Å². The molecular formula is C21H31NO5. The number of carboxylic acids is 1. The molecule has 2 N–H and O–H groups in total. The normalized spacial score (nSPS) is 19.3. The highest BCUT2D eigenvalue weighted by Gasteiger charge is 2.35. The van der Waals surface area contributed by atoms with Crippen molar-refractivity contribution in [3.63, 3.8) is 0 Å². The molecule has 1 fully saturated rings. The van der Waals surface area contributed by atoms with Crippen LogP contribution in [-0.4, -0.2) is 37.2 Å². The van der Waals surface area contributed by atoms with Crippen molar-refractivity contribution >= 4 is 11.9 Å². The molecule has 1 aliphatic carbocycles. The molecule has 2 unspecified atom stereocenters. The second kappa shape index (κ2) is 10.8. The molecule has 0 heterocycles. The molecule has 2 rings (SSSR count). The van der Waals surface area contributed by atoms with Gasteiger partial charge in [0.2, 0.25) is 5.91 Å². The minimum absolute atomic E-state index is 0.149. The molecular weight excluding hydrogens is 346 g/mol. The van der Waals surface area contributed by atoms with Gasteiger partial charge in [-0.3, -0.25) is 9.59 Å². The smallest absolute Gasteiger partial charge is 0.307 e. The van der Waals surface area contributed by atoms with Gasteiger partial charge in [-0.2, -0.15) is 0 Å². The third kappa shape index (κ3) is 6.15. The number of amides is 1. The predicted octanol–water partition coefficient (Wildman–Crippen LogP) is 3.42. The fourth-order valence-electron chi connectivity index (χ4n) is 3.52. The van der Waals surface area contributed by atoms with E-state index >= 15 is 0 Å². The number of aliphatic carboxylic acids is 1. The first kappa shape index (κ1) is 21.1. The summed E-state index contributed by atoms with van der Waals surface area (Å²) < 4.78 is 11.1. The van der Waals surface area contributed by atoms with E-state index in [4.69, 9.17) is 9.47 Å². The summed E-state index contributed by atoms with van der Waals surface area (Å²) in [6.45, 7) is 3.21. The van der Waals surface area contributed by atoms with Crippen molar-refractivity contribution in [3.8, 4) is 11.5 Å². The van der Waals surface area contributed by atoms with Gasteiger partial charge in [-0.25, -0.2) is 0 Å². The number of hydrogen-bond acceptors (Lipinski definition) is 4. The van der Waals surface area contributed by atoms with Gasteiger partial charge in [0.25, 0.3) is 0 Å². The number of carboxylic acid groups (broad SMARTS) is 1. The van der Waals surface area contributed by atoms with E-state index in [2.05, 4.69) is 12.2 Å². The molecule has 1 amide bonds. The summed E-state index contributed by atoms with van der Waals surface area (Å²) in [5.41, 5.74) is 1.01. The topological polar surface area (TPSA) is 84.9 Å². The van der Waals surface area contributed by atoms with Crippen LogP contribution in [0.4, 0.5) is 0 Å². The molecule has 0 aromatic heterocycles. The second-order valence-electron chi connectivity index (χ2n) is 7.05. The van der Waals surface area contributed by atoms with E-state index < -0.39 is 17.8 Å². The lowest BCUT2D eigenvalue weighted by atomic mass is 9.78. The first-order valence-corrected chi connectivity index (χ1v) is 9.87. The number of carbonyl (C=O) groups excluding carboxylic acids is 1. The average molecular weight is 377 g/mol. The Morgan fingerprint density at radius 1 is 1.22 bits per heavy atom. The van der Waals surface area contributed by atoms with E-state index in [1.807, 2.05) is 18.2 Å². The minimum atomic E-state index is -0.864. The van der Waals surface area contributed by atoms with Crippen LogP contribution < -0.4 is 14.8 Å². The molecule has 0 spiro atoms. The molecule has 2 atom stereocenters. The van der Waals surface area contributed by atoms with E-state index in [1.54, 1.807) is 7.11 Å². The van der Waals surface area contributed by atoms with Crippen LogP contribution in [0.25, 0.3) is 0 Å². The molecule has 0 saturated heterocycles. The predicted molar refractivity (Wildman–Crippen MR) is 103 cm³/mol. The zero-order valence-corrected chi connectivity index (χ0v) is 16.3. The minimum Gasteiger partial charge on any atom is -0.497 e. The van der Waals surface area contributed by atoms with Crippen LogP contribution in [0.5, 0.6) is 11.5 Å². The summed E-state index contributed by atoms with van der Waals surface area (Å²) in [7, 11) is 1.62. The number of ether oxygens (including phenoxy) is 2. The van der Waals surface area contributed by atoms with Gasteiger partial charge in [0.15, 0.2) is 0 Å². The van der Waals surface area contributed by atoms with Crippen LogP contribution in [0.15, 0.2) is 18.2 Å². The zero-order chi connectivity index (χ0) is 19.6. The summed E-state index contributed by atoms with van der Waals surface area (Å²) in [4.78, 5) is 23.9. The summed E-state index contributed by atoms with van der Waals surface area (Å²) in [5.74, 6) is -0.486. The largest absolute Gasteiger partial charge is 0.497 e. The van der Waals surface area contributed by atoms with Crippen molar-refractivity contribution in [2.75, 3.05) is 20.3 Å². The number of nitrogens with one attached hydrogen (secondary N) is 1. The van der Waals surface area contributed by atoms with E-state index in [9.17, 15) is 14.7 Å². The molecule has 6 heteroatoms. The fourth-order valence-corrected chi connectivity index (χ4v) is 3.52. The lowest BCUT2D eigenvalue weighted by Crippen LogP contribution is -2.40. The highest BCUT2D eigenvalue weighted by atomic mass is 16.5. The zero-order valence-electron chi connectivity index (χ0n) is 16.3. The first-order valence-electron chi connectivity index (χ1n) is 9.87. The average Bonchev–Trinajstić information content (AvgIpc) is 2.68. The summed E-state index contributed by atoms with van der Waals surface area (Å²) in [5, 5.41) is 12.3.